The molecule has 0 bridgehead atoms. The molecule has 12 nitrogen and oxygen atoms in total. The Bertz CT molecular complexity index is 1900. The molecule has 13 heteroatoms. The zero-order chi connectivity index (χ0) is 32.9. The molecule has 0 radical (unpaired) electrons. The molecule has 6 rings (SSSR count). The molecule has 1 aliphatic heterocycles. The van der Waals surface area contributed by atoms with Crippen LogP contribution in [0.15, 0.2) is 78.2 Å². The number of ether oxygens (including phenoxy) is 4. The Balaban J connectivity index is 1.05. The van der Waals surface area contributed by atoms with Crippen LogP contribution < -0.4 is 24.3 Å². The van der Waals surface area contributed by atoms with Crippen LogP contribution in [0.1, 0.15) is 36.2 Å². The molecular weight excluding hydrogens is 622 g/mol. The van der Waals surface area contributed by atoms with Crippen molar-refractivity contribution < 1.29 is 23.7 Å². The van der Waals surface area contributed by atoms with Crippen molar-refractivity contribution in [1.82, 2.24) is 25.0 Å². The third-order valence-electron chi connectivity index (χ3n) is 7.83. The summed E-state index contributed by atoms with van der Waals surface area (Å²) in [4.78, 5) is 17.0. The van der Waals surface area contributed by atoms with Gasteiger partial charge in [-0.2, -0.15) is 5.10 Å². The SMILES string of the molecule is COc1cc(C2CC(c3ccc(OCc4cn(CCNc5ccnc6cc(Cl)ccc56)nn4)cc3)=NN2C(C)=O)cc(OC)c1OC. The van der Waals surface area contributed by atoms with Crippen molar-refractivity contribution in [2.75, 3.05) is 33.2 Å². The van der Waals surface area contributed by atoms with Crippen LogP contribution in [0.3, 0.4) is 0 Å². The van der Waals surface area contributed by atoms with Gasteiger partial charge in [0.1, 0.15) is 18.1 Å². The van der Waals surface area contributed by atoms with E-state index in [0.717, 1.165) is 33.4 Å². The number of rotatable bonds is 12. The summed E-state index contributed by atoms with van der Waals surface area (Å²) < 4.78 is 24.3. The van der Waals surface area contributed by atoms with E-state index in [4.69, 9.17) is 30.5 Å². The number of carbonyl (C=O) groups excluding carboxylic acids is 1. The van der Waals surface area contributed by atoms with E-state index in [-0.39, 0.29) is 18.6 Å². The van der Waals surface area contributed by atoms with E-state index in [0.29, 0.717) is 53.2 Å². The van der Waals surface area contributed by atoms with Crippen LogP contribution in [0.25, 0.3) is 10.9 Å². The zero-order valence-electron chi connectivity index (χ0n) is 26.4. The molecule has 0 spiro atoms. The molecule has 1 N–H and O–H groups in total. The number of fused-ring (bicyclic) bond motifs is 1. The highest BCUT2D eigenvalue weighted by atomic mass is 35.5. The van der Waals surface area contributed by atoms with Gasteiger partial charge in [0.2, 0.25) is 11.7 Å². The first-order chi connectivity index (χ1) is 22.9. The van der Waals surface area contributed by atoms with E-state index in [1.165, 1.54) is 11.9 Å². The summed E-state index contributed by atoms with van der Waals surface area (Å²) in [6.45, 7) is 3.04. The summed E-state index contributed by atoms with van der Waals surface area (Å²) in [7, 11) is 4.68. The van der Waals surface area contributed by atoms with Crippen LogP contribution in [-0.4, -0.2) is 64.5 Å². The second kappa shape index (κ2) is 14.0. The number of aromatic nitrogens is 4. The van der Waals surface area contributed by atoms with Gasteiger partial charge in [0, 0.05) is 42.2 Å². The number of halogens is 1. The minimum Gasteiger partial charge on any atom is -0.493 e. The maximum atomic E-state index is 12.6. The number of benzene rings is 3. The van der Waals surface area contributed by atoms with E-state index in [1.807, 2.05) is 66.9 Å². The van der Waals surface area contributed by atoms with Gasteiger partial charge < -0.3 is 24.3 Å². The molecule has 5 aromatic rings. The Morgan fingerprint density at radius 2 is 1.77 bits per heavy atom. The van der Waals surface area contributed by atoms with Gasteiger partial charge in [-0.3, -0.25) is 14.5 Å². The predicted octanol–water partition coefficient (Wildman–Crippen LogP) is 5.89. The summed E-state index contributed by atoms with van der Waals surface area (Å²) in [6.07, 6.45) is 4.14. The zero-order valence-corrected chi connectivity index (χ0v) is 27.2. The minimum absolute atomic E-state index is 0.168. The molecule has 0 aliphatic carbocycles. The van der Waals surface area contributed by atoms with Gasteiger partial charge in [0.15, 0.2) is 11.5 Å². The van der Waals surface area contributed by atoms with Crippen molar-refractivity contribution in [1.29, 1.82) is 0 Å². The van der Waals surface area contributed by atoms with Crippen molar-refractivity contribution in [3.63, 3.8) is 0 Å². The highest BCUT2D eigenvalue weighted by Crippen LogP contribution is 2.43. The van der Waals surface area contributed by atoms with Crippen LogP contribution in [0.4, 0.5) is 5.69 Å². The Labute approximate surface area is 276 Å². The minimum atomic E-state index is -0.326. The van der Waals surface area contributed by atoms with Crippen molar-refractivity contribution in [3.05, 3.63) is 94.9 Å². The Kier molecular flexibility index (Phi) is 9.39. The second-order valence-corrected chi connectivity index (χ2v) is 11.3. The van der Waals surface area contributed by atoms with Gasteiger partial charge in [0.25, 0.3) is 0 Å². The number of amides is 1. The first kappa shape index (κ1) is 31.6. The second-order valence-electron chi connectivity index (χ2n) is 10.8. The van der Waals surface area contributed by atoms with E-state index in [9.17, 15) is 4.79 Å². The number of nitrogens with one attached hydrogen (secondary N) is 1. The normalized spacial score (nSPS) is 14.2. The third kappa shape index (κ3) is 6.92. The average Bonchev–Trinajstić information content (AvgIpc) is 3.75. The Morgan fingerprint density at radius 1 is 1.00 bits per heavy atom. The van der Waals surface area contributed by atoms with E-state index in [1.54, 1.807) is 32.2 Å². The lowest BCUT2D eigenvalue weighted by Crippen LogP contribution is -2.24. The molecule has 2 aromatic heterocycles. The van der Waals surface area contributed by atoms with Gasteiger partial charge in [0.05, 0.1) is 51.3 Å². The summed E-state index contributed by atoms with van der Waals surface area (Å²) in [5, 5.41) is 19.7. The van der Waals surface area contributed by atoms with Crippen LogP contribution in [0.5, 0.6) is 23.0 Å². The number of hydrogen-bond donors (Lipinski definition) is 1. The largest absolute Gasteiger partial charge is 0.493 e. The fraction of sp³-hybridized carbons (Fsp3) is 0.265. The maximum Gasteiger partial charge on any atom is 0.240 e. The van der Waals surface area contributed by atoms with Gasteiger partial charge in [-0.25, -0.2) is 5.01 Å². The number of hydrazone groups is 1. The molecule has 0 saturated carbocycles. The average molecular weight is 656 g/mol. The van der Waals surface area contributed by atoms with Crippen LogP contribution in [-0.2, 0) is 17.9 Å². The lowest BCUT2D eigenvalue weighted by molar-refractivity contribution is -0.130. The third-order valence-corrected chi connectivity index (χ3v) is 8.06. The number of carbonyl (C=O) groups is 1. The summed E-state index contributed by atoms with van der Waals surface area (Å²) in [5.41, 5.74) is 5.03. The molecule has 3 heterocycles. The number of pyridine rings is 1. The fourth-order valence-corrected chi connectivity index (χ4v) is 5.69. The van der Waals surface area contributed by atoms with Crippen molar-refractivity contribution >= 4 is 39.8 Å². The quantitative estimate of drug-likeness (QED) is 0.175. The van der Waals surface area contributed by atoms with Gasteiger partial charge in [-0.05, 0) is 71.8 Å². The van der Waals surface area contributed by atoms with Crippen LogP contribution in [0.2, 0.25) is 5.02 Å². The highest BCUT2D eigenvalue weighted by molar-refractivity contribution is 6.31. The molecule has 242 valence electrons. The molecule has 1 unspecified atom stereocenters. The number of methoxy groups -OCH3 is 3. The molecule has 0 fully saturated rings. The summed E-state index contributed by atoms with van der Waals surface area (Å²) in [6, 6.07) is 18.6. The Morgan fingerprint density at radius 3 is 2.47 bits per heavy atom. The standard InChI is InChI=1S/C34H34ClN7O5/c1-21(43)42-31(23-15-32(44-2)34(46-4)33(16-23)45-3)18-29(39-42)22-5-8-26(9-6-22)47-20-25-19-41(40-38-25)14-13-37-28-11-12-36-30-17-24(35)7-10-27(28)30/h5-12,15-17,19,31H,13-14,18,20H2,1-4H3,(H,36,37). The number of nitrogens with zero attached hydrogens (tertiary/aromatic N) is 6. The summed E-state index contributed by atoms with van der Waals surface area (Å²) >= 11 is 6.10. The molecule has 47 heavy (non-hydrogen) atoms. The molecular formula is C34H34ClN7O5. The van der Waals surface area contributed by atoms with Gasteiger partial charge >= 0.3 is 0 Å². The predicted molar refractivity (Wildman–Crippen MR) is 179 cm³/mol. The molecule has 0 saturated heterocycles. The van der Waals surface area contributed by atoms with Gasteiger partial charge in [-0.15, -0.1) is 5.10 Å². The highest BCUT2D eigenvalue weighted by Gasteiger charge is 2.33. The number of hydrogen-bond acceptors (Lipinski definition) is 10. The number of anilines is 1. The molecule has 1 amide bonds. The van der Waals surface area contributed by atoms with E-state index >= 15 is 0 Å². The fourth-order valence-electron chi connectivity index (χ4n) is 5.52. The lowest BCUT2D eigenvalue weighted by atomic mass is 9.97. The smallest absolute Gasteiger partial charge is 0.240 e. The monoisotopic (exact) mass is 655 g/mol. The van der Waals surface area contributed by atoms with Crippen molar-refractivity contribution in [2.24, 2.45) is 5.10 Å². The first-order valence-electron chi connectivity index (χ1n) is 14.9. The maximum absolute atomic E-state index is 12.6. The van der Waals surface area contributed by atoms with Gasteiger partial charge in [-0.1, -0.05) is 16.8 Å². The van der Waals surface area contributed by atoms with Crippen LogP contribution >= 0.6 is 11.6 Å². The van der Waals surface area contributed by atoms with Crippen LogP contribution in [0, 0.1) is 0 Å². The van der Waals surface area contributed by atoms with Crippen molar-refractivity contribution in [3.8, 4) is 23.0 Å². The van der Waals surface area contributed by atoms with E-state index in [2.05, 4.69) is 25.7 Å². The Hall–Kier alpha value is -5.36. The van der Waals surface area contributed by atoms with Crippen molar-refractivity contribution in [2.45, 2.75) is 32.5 Å². The molecule has 1 aliphatic rings. The van der Waals surface area contributed by atoms with E-state index < -0.39 is 0 Å². The lowest BCUT2D eigenvalue weighted by Gasteiger charge is -2.22. The molecule has 3 aromatic carbocycles. The molecule has 1 atom stereocenters. The summed E-state index contributed by atoms with van der Waals surface area (Å²) in [5.74, 6) is 2.03. The first-order valence-corrected chi connectivity index (χ1v) is 15.3. The topological polar surface area (TPSA) is 125 Å².